The summed E-state index contributed by atoms with van der Waals surface area (Å²) in [6, 6.07) is 6.56. The highest BCUT2D eigenvalue weighted by Gasteiger charge is 2.05. The second-order valence-electron chi connectivity index (χ2n) is 3.35. The highest BCUT2D eigenvalue weighted by Crippen LogP contribution is 2.30. The third-order valence-electron chi connectivity index (χ3n) is 2.35. The van der Waals surface area contributed by atoms with Gasteiger partial charge in [0.1, 0.15) is 0 Å². The zero-order chi connectivity index (χ0) is 9.97. The van der Waals surface area contributed by atoms with Crippen molar-refractivity contribution in [1.82, 2.24) is 0 Å². The van der Waals surface area contributed by atoms with Gasteiger partial charge in [0.25, 0.3) is 0 Å². The van der Waals surface area contributed by atoms with Crippen LogP contribution in [0.2, 0.25) is 0 Å². The van der Waals surface area contributed by atoms with Crippen LogP contribution in [0.3, 0.4) is 0 Å². The van der Waals surface area contributed by atoms with Crippen LogP contribution in [0.4, 0.5) is 0 Å². The number of rotatable bonds is 3. The highest BCUT2D eigenvalue weighted by molar-refractivity contribution is 7.98. The Morgan fingerprint density at radius 3 is 3.00 bits per heavy atom. The van der Waals surface area contributed by atoms with Crippen molar-refractivity contribution >= 4 is 33.2 Å². The van der Waals surface area contributed by atoms with Crippen LogP contribution in [0.5, 0.6) is 0 Å². The van der Waals surface area contributed by atoms with E-state index in [0.717, 1.165) is 5.75 Å². The Kier molecular flexibility index (Phi) is 3.14. The third kappa shape index (κ3) is 1.82. The Labute approximate surface area is 93.3 Å². The molecule has 0 amide bonds. The van der Waals surface area contributed by atoms with Gasteiger partial charge in [0.05, 0.1) is 0 Å². The minimum absolute atomic E-state index is 1.15. The Hall–Kier alpha value is -0.470. The van der Waals surface area contributed by atoms with E-state index in [1.165, 1.54) is 27.0 Å². The van der Waals surface area contributed by atoms with E-state index in [1.807, 2.05) is 23.1 Å². The lowest BCUT2D eigenvalue weighted by molar-refractivity contribution is 1.43. The zero-order valence-electron chi connectivity index (χ0n) is 8.54. The molecular weight excluding hydrogens is 208 g/mol. The molecule has 1 aromatic heterocycles. The molecule has 0 unspecified atom stereocenters. The Bertz CT molecular complexity index is 429. The van der Waals surface area contributed by atoms with Crippen LogP contribution in [-0.2, 0) is 5.75 Å². The van der Waals surface area contributed by atoms with E-state index < -0.39 is 0 Å². The molecule has 0 atom stereocenters. The first kappa shape index (κ1) is 10.1. The number of fused-ring (bicyclic) bond motifs is 1. The maximum absolute atomic E-state index is 2.31. The van der Waals surface area contributed by atoms with Gasteiger partial charge in [0.2, 0.25) is 0 Å². The van der Waals surface area contributed by atoms with Crippen LogP contribution in [0.25, 0.3) is 10.1 Å². The first-order chi connectivity index (χ1) is 6.83. The minimum Gasteiger partial charge on any atom is -0.157 e. The lowest BCUT2D eigenvalue weighted by Gasteiger charge is -2.00. The van der Waals surface area contributed by atoms with Gasteiger partial charge >= 0.3 is 0 Å². The topological polar surface area (TPSA) is 0 Å². The van der Waals surface area contributed by atoms with Crippen LogP contribution in [0, 0.1) is 6.92 Å². The summed E-state index contributed by atoms with van der Waals surface area (Å²) < 4.78 is 1.43. The number of hydrogen-bond donors (Lipinski definition) is 0. The van der Waals surface area contributed by atoms with E-state index in [0.29, 0.717) is 0 Å². The summed E-state index contributed by atoms with van der Waals surface area (Å²) in [5, 5.41) is 3.79. The van der Waals surface area contributed by atoms with Crippen molar-refractivity contribution in [3.8, 4) is 0 Å². The van der Waals surface area contributed by atoms with Crippen molar-refractivity contribution in [2.45, 2.75) is 19.6 Å². The van der Waals surface area contributed by atoms with Gasteiger partial charge in [-0.1, -0.05) is 19.1 Å². The quantitative estimate of drug-likeness (QED) is 0.738. The molecule has 0 radical (unpaired) electrons. The number of thioether (sulfide) groups is 1. The van der Waals surface area contributed by atoms with Crippen LogP contribution in [-0.4, -0.2) is 5.75 Å². The summed E-state index contributed by atoms with van der Waals surface area (Å²) in [4.78, 5) is 0. The summed E-state index contributed by atoms with van der Waals surface area (Å²) in [5.74, 6) is 2.35. The Balaban J connectivity index is 2.45. The van der Waals surface area contributed by atoms with Gasteiger partial charge in [-0.3, -0.25) is 0 Å². The van der Waals surface area contributed by atoms with Gasteiger partial charge in [0, 0.05) is 10.5 Å². The smallest absolute Gasteiger partial charge is 0.0348 e. The standard InChI is InChI=1S/C12H14S2/c1-3-13-7-10-8-14-11-6-4-5-9(2)12(10)11/h4-6,8H,3,7H2,1-2H3. The molecule has 2 rings (SSSR count). The molecular formula is C12H14S2. The summed E-state index contributed by atoms with van der Waals surface area (Å²) >= 11 is 3.86. The molecule has 2 aromatic rings. The summed E-state index contributed by atoms with van der Waals surface area (Å²) in [6.07, 6.45) is 0. The number of hydrogen-bond acceptors (Lipinski definition) is 2. The molecule has 0 aliphatic rings. The normalized spacial score (nSPS) is 11.0. The summed E-state index contributed by atoms with van der Waals surface area (Å²) in [5.41, 5.74) is 2.92. The lowest BCUT2D eigenvalue weighted by Crippen LogP contribution is -1.81. The first-order valence-electron chi connectivity index (χ1n) is 4.86. The molecule has 14 heavy (non-hydrogen) atoms. The van der Waals surface area contributed by atoms with Crippen molar-refractivity contribution in [3.63, 3.8) is 0 Å². The number of aryl methyl sites for hydroxylation is 1. The molecule has 0 bridgehead atoms. The van der Waals surface area contributed by atoms with Crippen molar-refractivity contribution in [1.29, 1.82) is 0 Å². The second kappa shape index (κ2) is 4.37. The highest BCUT2D eigenvalue weighted by atomic mass is 32.2. The fourth-order valence-electron chi connectivity index (χ4n) is 1.66. The maximum atomic E-state index is 2.31. The van der Waals surface area contributed by atoms with E-state index in [1.54, 1.807) is 0 Å². The lowest BCUT2D eigenvalue weighted by atomic mass is 10.1. The molecule has 1 heterocycles. The molecule has 0 aliphatic carbocycles. The predicted octanol–water partition coefficient (Wildman–Crippen LogP) is 4.46. The van der Waals surface area contributed by atoms with E-state index in [-0.39, 0.29) is 0 Å². The molecule has 0 nitrogen and oxygen atoms in total. The summed E-state index contributed by atoms with van der Waals surface area (Å²) in [7, 11) is 0. The van der Waals surface area contributed by atoms with Gasteiger partial charge in [-0.25, -0.2) is 0 Å². The molecule has 0 aliphatic heterocycles. The van der Waals surface area contributed by atoms with Gasteiger partial charge in [-0.15, -0.1) is 11.3 Å². The van der Waals surface area contributed by atoms with Crippen molar-refractivity contribution in [3.05, 3.63) is 34.7 Å². The Morgan fingerprint density at radius 2 is 2.21 bits per heavy atom. The average molecular weight is 222 g/mol. The largest absolute Gasteiger partial charge is 0.157 e. The molecule has 0 fully saturated rings. The van der Waals surface area contributed by atoms with E-state index in [2.05, 4.69) is 37.4 Å². The molecule has 1 aromatic carbocycles. The van der Waals surface area contributed by atoms with Crippen LogP contribution in [0.1, 0.15) is 18.1 Å². The zero-order valence-corrected chi connectivity index (χ0v) is 10.2. The molecule has 0 saturated heterocycles. The first-order valence-corrected chi connectivity index (χ1v) is 6.89. The third-order valence-corrected chi connectivity index (χ3v) is 4.27. The molecule has 0 spiro atoms. The van der Waals surface area contributed by atoms with Crippen molar-refractivity contribution in [2.75, 3.05) is 5.75 Å². The number of thiophene rings is 1. The molecule has 74 valence electrons. The Morgan fingerprint density at radius 1 is 1.36 bits per heavy atom. The van der Waals surface area contributed by atoms with Gasteiger partial charge in [0.15, 0.2) is 0 Å². The van der Waals surface area contributed by atoms with Crippen molar-refractivity contribution in [2.24, 2.45) is 0 Å². The second-order valence-corrected chi connectivity index (χ2v) is 5.53. The van der Waals surface area contributed by atoms with E-state index in [4.69, 9.17) is 0 Å². The van der Waals surface area contributed by atoms with Gasteiger partial charge in [-0.05, 0) is 40.6 Å². The molecule has 0 N–H and O–H groups in total. The number of benzene rings is 1. The van der Waals surface area contributed by atoms with Crippen LogP contribution < -0.4 is 0 Å². The predicted molar refractivity (Wildman–Crippen MR) is 68.4 cm³/mol. The average Bonchev–Trinajstić information content (AvgIpc) is 2.59. The van der Waals surface area contributed by atoms with E-state index in [9.17, 15) is 0 Å². The minimum atomic E-state index is 1.15. The monoisotopic (exact) mass is 222 g/mol. The van der Waals surface area contributed by atoms with Gasteiger partial charge in [-0.2, -0.15) is 11.8 Å². The fraction of sp³-hybridized carbons (Fsp3) is 0.333. The van der Waals surface area contributed by atoms with E-state index >= 15 is 0 Å². The summed E-state index contributed by atoms with van der Waals surface area (Å²) in [6.45, 7) is 4.42. The van der Waals surface area contributed by atoms with Gasteiger partial charge < -0.3 is 0 Å². The molecule has 0 saturated carbocycles. The van der Waals surface area contributed by atoms with Crippen LogP contribution in [0.15, 0.2) is 23.6 Å². The SMILES string of the molecule is CCSCc1csc2cccc(C)c12. The molecule has 2 heteroatoms. The van der Waals surface area contributed by atoms with Crippen LogP contribution >= 0.6 is 23.1 Å². The van der Waals surface area contributed by atoms with Crippen molar-refractivity contribution < 1.29 is 0 Å². The fourth-order valence-corrected chi connectivity index (χ4v) is 3.46. The maximum Gasteiger partial charge on any atom is 0.0348 e.